The van der Waals surface area contributed by atoms with Crippen LogP contribution in [0.1, 0.15) is 0 Å². The minimum atomic E-state index is -0.540. The van der Waals surface area contributed by atoms with Crippen LogP contribution in [0, 0.1) is 0 Å². The molecule has 0 fully saturated rings. The number of nitrogens with one attached hydrogen (secondary N) is 1. The maximum atomic E-state index is 13.6. The number of halogens is 1. The van der Waals surface area contributed by atoms with E-state index in [4.69, 9.17) is 25.8 Å². The number of hydrogen-bond donors (Lipinski definition) is 1. The molecule has 0 unspecified atom stereocenters. The Bertz CT molecular complexity index is 1280. The van der Waals surface area contributed by atoms with Gasteiger partial charge in [-0.2, -0.15) is 0 Å². The van der Waals surface area contributed by atoms with Crippen LogP contribution < -0.4 is 24.4 Å². The number of imide groups is 1. The Kier molecular flexibility index (Phi) is 7.00. The molecule has 0 aromatic heterocycles. The number of carbonyl (C=O) groups excluding carboxylic acids is 2. The van der Waals surface area contributed by atoms with Gasteiger partial charge in [0.05, 0.1) is 32.7 Å². The van der Waals surface area contributed by atoms with Gasteiger partial charge in [0.25, 0.3) is 11.8 Å². The molecule has 0 atom stereocenters. The fraction of sp³-hybridized carbons (Fsp3) is 0.120. The number of amides is 2. The van der Waals surface area contributed by atoms with Crippen molar-refractivity contribution in [3.8, 4) is 17.2 Å². The van der Waals surface area contributed by atoms with Gasteiger partial charge in [-0.3, -0.25) is 9.59 Å². The van der Waals surface area contributed by atoms with Gasteiger partial charge in [-0.1, -0.05) is 41.6 Å². The van der Waals surface area contributed by atoms with Crippen LogP contribution in [0.15, 0.2) is 82.2 Å². The molecule has 0 bridgehead atoms. The SMILES string of the molecule is COc1ccc(NC2=C(Sc3ccccc3)C(=O)N(c3cc(Cl)ccc3OC)C2=O)c(OC)c1. The highest BCUT2D eigenvalue weighted by Gasteiger charge is 2.41. The molecule has 2 amide bonds. The Morgan fingerprint density at radius 3 is 2.24 bits per heavy atom. The zero-order valence-corrected chi connectivity index (χ0v) is 20.2. The fourth-order valence-corrected chi connectivity index (χ4v) is 4.53. The first-order valence-electron chi connectivity index (χ1n) is 10.2. The van der Waals surface area contributed by atoms with Crippen LogP contribution in [0.3, 0.4) is 0 Å². The van der Waals surface area contributed by atoms with E-state index in [0.717, 1.165) is 9.80 Å². The lowest BCUT2D eigenvalue weighted by Crippen LogP contribution is -2.32. The molecule has 0 radical (unpaired) electrons. The van der Waals surface area contributed by atoms with Crippen molar-refractivity contribution in [2.75, 3.05) is 31.5 Å². The second-order valence-electron chi connectivity index (χ2n) is 7.07. The van der Waals surface area contributed by atoms with Gasteiger partial charge >= 0.3 is 0 Å². The Labute approximate surface area is 206 Å². The van der Waals surface area contributed by atoms with Crippen LogP contribution in [-0.4, -0.2) is 33.1 Å². The molecular formula is C25H21ClN2O5S. The fourth-order valence-electron chi connectivity index (χ4n) is 3.41. The van der Waals surface area contributed by atoms with Gasteiger partial charge in [0.15, 0.2) is 0 Å². The highest BCUT2D eigenvalue weighted by Crippen LogP contribution is 2.42. The van der Waals surface area contributed by atoms with Crippen LogP contribution in [-0.2, 0) is 9.59 Å². The molecular weight excluding hydrogens is 476 g/mol. The standard InChI is InChI=1S/C25H21ClN2O5S/c1-31-16-10-11-18(21(14-16)33-3)27-22-23(34-17-7-5-4-6-8-17)25(30)28(24(22)29)19-13-15(26)9-12-20(19)32-2/h4-14,27H,1-3H3. The molecule has 1 heterocycles. The predicted octanol–water partition coefficient (Wildman–Crippen LogP) is 5.36. The van der Waals surface area contributed by atoms with Crippen LogP contribution in [0.2, 0.25) is 5.02 Å². The molecule has 0 saturated heterocycles. The van der Waals surface area contributed by atoms with E-state index in [2.05, 4.69) is 5.32 Å². The highest BCUT2D eigenvalue weighted by atomic mass is 35.5. The number of anilines is 2. The van der Waals surface area contributed by atoms with E-state index in [9.17, 15) is 9.59 Å². The lowest BCUT2D eigenvalue weighted by molar-refractivity contribution is -0.120. The van der Waals surface area contributed by atoms with E-state index in [1.54, 1.807) is 37.4 Å². The van der Waals surface area contributed by atoms with Crippen molar-refractivity contribution in [2.45, 2.75) is 4.90 Å². The molecule has 4 rings (SSSR count). The van der Waals surface area contributed by atoms with Gasteiger partial charge in [0, 0.05) is 16.0 Å². The van der Waals surface area contributed by atoms with Gasteiger partial charge in [0.1, 0.15) is 27.9 Å². The number of ether oxygens (including phenoxy) is 3. The Hall–Kier alpha value is -3.62. The van der Waals surface area contributed by atoms with E-state index in [0.29, 0.717) is 28.0 Å². The summed E-state index contributed by atoms with van der Waals surface area (Å²) in [6, 6.07) is 19.2. The smallest absolute Gasteiger partial charge is 0.283 e. The lowest BCUT2D eigenvalue weighted by Gasteiger charge is -2.19. The molecule has 34 heavy (non-hydrogen) atoms. The van der Waals surface area contributed by atoms with Gasteiger partial charge in [-0.15, -0.1) is 0 Å². The van der Waals surface area contributed by atoms with Crippen molar-refractivity contribution < 1.29 is 23.8 Å². The Morgan fingerprint density at radius 2 is 1.56 bits per heavy atom. The van der Waals surface area contributed by atoms with Crippen LogP contribution >= 0.6 is 23.4 Å². The summed E-state index contributed by atoms with van der Waals surface area (Å²) < 4.78 is 16.1. The van der Waals surface area contributed by atoms with Crippen molar-refractivity contribution in [1.82, 2.24) is 0 Å². The van der Waals surface area contributed by atoms with Gasteiger partial charge in [-0.25, -0.2) is 4.90 Å². The molecule has 3 aromatic carbocycles. The zero-order valence-electron chi connectivity index (χ0n) is 18.6. The maximum Gasteiger partial charge on any atom is 0.283 e. The normalized spacial score (nSPS) is 13.4. The van der Waals surface area contributed by atoms with E-state index < -0.39 is 11.8 Å². The number of carbonyl (C=O) groups is 2. The highest BCUT2D eigenvalue weighted by molar-refractivity contribution is 8.04. The summed E-state index contributed by atoms with van der Waals surface area (Å²) in [5.74, 6) is 0.360. The molecule has 0 saturated carbocycles. The maximum absolute atomic E-state index is 13.6. The molecule has 1 aliphatic heterocycles. The molecule has 0 spiro atoms. The van der Waals surface area contributed by atoms with Crippen molar-refractivity contribution in [3.63, 3.8) is 0 Å². The molecule has 1 N–H and O–H groups in total. The average Bonchev–Trinajstić information content (AvgIpc) is 3.08. The molecule has 0 aliphatic carbocycles. The van der Waals surface area contributed by atoms with Crippen molar-refractivity contribution >= 4 is 46.6 Å². The number of thioether (sulfide) groups is 1. The van der Waals surface area contributed by atoms with Gasteiger partial charge < -0.3 is 19.5 Å². The van der Waals surface area contributed by atoms with E-state index in [-0.39, 0.29) is 16.3 Å². The Balaban J connectivity index is 1.80. The minimum absolute atomic E-state index is 0.115. The summed E-state index contributed by atoms with van der Waals surface area (Å²) in [5.41, 5.74) is 0.879. The largest absolute Gasteiger partial charge is 0.497 e. The molecule has 174 valence electrons. The molecule has 1 aliphatic rings. The second-order valence-corrected chi connectivity index (χ2v) is 8.59. The van der Waals surface area contributed by atoms with E-state index >= 15 is 0 Å². The average molecular weight is 497 g/mol. The van der Waals surface area contributed by atoms with Gasteiger partial charge in [0.2, 0.25) is 0 Å². The summed E-state index contributed by atoms with van der Waals surface area (Å²) in [5, 5.41) is 3.47. The number of nitrogens with zero attached hydrogens (tertiary/aromatic N) is 1. The van der Waals surface area contributed by atoms with Crippen molar-refractivity contribution in [1.29, 1.82) is 0 Å². The van der Waals surface area contributed by atoms with E-state index in [1.807, 2.05) is 30.3 Å². The van der Waals surface area contributed by atoms with E-state index in [1.165, 1.54) is 32.0 Å². The lowest BCUT2D eigenvalue weighted by atomic mass is 10.2. The van der Waals surface area contributed by atoms with Gasteiger partial charge in [-0.05, 0) is 42.5 Å². The predicted molar refractivity (Wildman–Crippen MR) is 133 cm³/mol. The Morgan fingerprint density at radius 1 is 0.824 bits per heavy atom. The molecule has 7 nitrogen and oxygen atoms in total. The third kappa shape index (κ3) is 4.55. The summed E-state index contributed by atoms with van der Waals surface area (Å²) in [6.07, 6.45) is 0. The molecule has 3 aromatic rings. The van der Waals surface area contributed by atoms with Crippen molar-refractivity contribution in [3.05, 3.63) is 82.4 Å². The number of rotatable bonds is 8. The third-order valence-corrected chi connectivity index (χ3v) is 6.38. The van der Waals surface area contributed by atoms with Crippen LogP contribution in [0.25, 0.3) is 0 Å². The molecule has 9 heteroatoms. The topological polar surface area (TPSA) is 77.1 Å². The van der Waals surface area contributed by atoms with Crippen LogP contribution in [0.4, 0.5) is 11.4 Å². The summed E-state index contributed by atoms with van der Waals surface area (Å²) in [6.45, 7) is 0. The minimum Gasteiger partial charge on any atom is -0.497 e. The quantitative estimate of drug-likeness (QED) is 0.421. The van der Waals surface area contributed by atoms with Crippen LogP contribution in [0.5, 0.6) is 17.2 Å². The number of methoxy groups -OCH3 is 3. The zero-order chi connectivity index (χ0) is 24.2. The second kappa shape index (κ2) is 10.1. The monoisotopic (exact) mass is 496 g/mol. The first-order chi connectivity index (χ1) is 16.5. The first-order valence-corrected chi connectivity index (χ1v) is 11.3. The first kappa shape index (κ1) is 23.5. The third-order valence-electron chi connectivity index (χ3n) is 5.05. The summed E-state index contributed by atoms with van der Waals surface area (Å²) >= 11 is 7.37. The summed E-state index contributed by atoms with van der Waals surface area (Å²) in [4.78, 5) is 29.3. The number of benzene rings is 3. The number of hydrogen-bond acceptors (Lipinski definition) is 7. The van der Waals surface area contributed by atoms with Crippen molar-refractivity contribution in [2.24, 2.45) is 0 Å². The summed E-state index contributed by atoms with van der Waals surface area (Å²) in [7, 11) is 4.53.